The molecule has 4 rings (SSSR count). The van der Waals surface area contributed by atoms with E-state index in [0.717, 1.165) is 55.2 Å². The number of halogens is 1. The number of anilines is 2. The van der Waals surface area contributed by atoms with Crippen molar-refractivity contribution in [2.24, 2.45) is 0 Å². The molecule has 2 aromatic heterocycles. The van der Waals surface area contributed by atoms with Crippen LogP contribution in [0.2, 0.25) is 0 Å². The van der Waals surface area contributed by atoms with Gasteiger partial charge in [-0.05, 0) is 37.6 Å². The fourth-order valence-corrected chi connectivity index (χ4v) is 3.72. The number of aryl methyl sites for hydroxylation is 1. The van der Waals surface area contributed by atoms with Crippen LogP contribution in [0.5, 0.6) is 0 Å². The zero-order valence-electron chi connectivity index (χ0n) is 17.3. The molecule has 1 aliphatic heterocycles. The predicted molar refractivity (Wildman–Crippen MR) is 117 cm³/mol. The maximum absolute atomic E-state index is 13.7. The Morgan fingerprint density at radius 3 is 2.67 bits per heavy atom. The Morgan fingerprint density at radius 1 is 1.13 bits per heavy atom. The molecule has 1 aromatic carbocycles. The lowest BCUT2D eigenvalue weighted by atomic mass is 10.2. The van der Waals surface area contributed by atoms with Gasteiger partial charge < -0.3 is 10.6 Å². The Labute approximate surface area is 175 Å². The number of rotatable bonds is 5. The molecule has 0 spiro atoms. The van der Waals surface area contributed by atoms with E-state index in [4.69, 9.17) is 5.73 Å². The molecule has 1 fully saturated rings. The second-order valence-corrected chi connectivity index (χ2v) is 7.55. The van der Waals surface area contributed by atoms with Crippen molar-refractivity contribution in [1.29, 1.82) is 0 Å². The topological polar surface area (TPSA) is 76.1 Å². The van der Waals surface area contributed by atoms with E-state index in [1.165, 1.54) is 0 Å². The van der Waals surface area contributed by atoms with Crippen molar-refractivity contribution >= 4 is 17.7 Å². The number of nitrogens with zero attached hydrogens (tertiary/aromatic N) is 6. The lowest BCUT2D eigenvalue weighted by Gasteiger charge is -2.35. The van der Waals surface area contributed by atoms with Gasteiger partial charge in [-0.2, -0.15) is 10.1 Å². The third-order valence-electron chi connectivity index (χ3n) is 5.35. The molecule has 2 N–H and O–H groups in total. The van der Waals surface area contributed by atoms with Crippen molar-refractivity contribution in [1.82, 2.24) is 24.6 Å². The van der Waals surface area contributed by atoms with Gasteiger partial charge in [-0.25, -0.2) is 14.1 Å². The Hall–Kier alpha value is -3.26. The van der Waals surface area contributed by atoms with Crippen LogP contribution in [0.4, 0.5) is 16.0 Å². The molecule has 0 amide bonds. The van der Waals surface area contributed by atoms with E-state index < -0.39 is 0 Å². The first-order chi connectivity index (χ1) is 14.5. The molecule has 0 saturated carbocycles. The van der Waals surface area contributed by atoms with E-state index in [9.17, 15) is 4.39 Å². The molecule has 1 aliphatic rings. The first kappa shape index (κ1) is 20.0. The van der Waals surface area contributed by atoms with Gasteiger partial charge in [0, 0.05) is 56.2 Å². The van der Waals surface area contributed by atoms with Crippen molar-refractivity contribution in [2.45, 2.75) is 13.8 Å². The predicted octanol–water partition coefficient (Wildman–Crippen LogP) is 2.84. The van der Waals surface area contributed by atoms with E-state index in [0.29, 0.717) is 5.82 Å². The average molecular weight is 407 g/mol. The second-order valence-electron chi connectivity index (χ2n) is 7.55. The third-order valence-corrected chi connectivity index (χ3v) is 5.35. The Balaban J connectivity index is 1.34. The molecule has 1 saturated heterocycles. The summed E-state index contributed by atoms with van der Waals surface area (Å²) in [6, 6.07) is 7.01. The molecule has 0 unspecified atom stereocenters. The molecule has 0 aliphatic carbocycles. The SMILES string of the molecule is Cc1cc(F)cc(N2CCN(C/C=C/c3cnn(-c4ccnc(N)n4)c3C)CC2)c1. The van der Waals surface area contributed by atoms with Crippen LogP contribution in [-0.2, 0) is 0 Å². The first-order valence-electron chi connectivity index (χ1n) is 10.0. The number of aromatic nitrogens is 4. The summed E-state index contributed by atoms with van der Waals surface area (Å²) in [5.41, 5.74) is 9.63. The minimum Gasteiger partial charge on any atom is -0.369 e. The van der Waals surface area contributed by atoms with E-state index >= 15 is 0 Å². The molecule has 0 radical (unpaired) electrons. The van der Waals surface area contributed by atoms with E-state index in [1.54, 1.807) is 29.1 Å². The number of hydrogen-bond acceptors (Lipinski definition) is 6. The smallest absolute Gasteiger partial charge is 0.221 e. The van der Waals surface area contributed by atoms with Gasteiger partial charge in [0.1, 0.15) is 5.82 Å². The normalized spacial score (nSPS) is 15.2. The highest BCUT2D eigenvalue weighted by Crippen LogP contribution is 2.20. The largest absolute Gasteiger partial charge is 0.369 e. The van der Waals surface area contributed by atoms with E-state index in [2.05, 4.69) is 37.0 Å². The molecule has 3 heterocycles. The molecule has 30 heavy (non-hydrogen) atoms. The van der Waals surface area contributed by atoms with Gasteiger partial charge in [0.2, 0.25) is 5.95 Å². The standard InChI is InChI=1S/C22H26FN7/c1-16-12-19(23)14-20(13-16)29-10-8-28(9-11-29)7-3-4-18-15-26-30(17(18)2)21-5-6-25-22(24)27-21/h3-6,12-15H,7-11H2,1-2H3,(H2,24,25,27)/b4-3+. The molecular formula is C22H26FN7. The maximum Gasteiger partial charge on any atom is 0.221 e. The number of nitrogens with two attached hydrogens (primary N) is 1. The maximum atomic E-state index is 13.7. The summed E-state index contributed by atoms with van der Waals surface area (Å²) in [6.45, 7) is 8.46. The van der Waals surface area contributed by atoms with Crippen LogP contribution in [0.1, 0.15) is 16.8 Å². The van der Waals surface area contributed by atoms with Crippen molar-refractivity contribution in [2.75, 3.05) is 43.4 Å². The zero-order chi connectivity index (χ0) is 21.1. The van der Waals surface area contributed by atoms with Crippen molar-refractivity contribution < 1.29 is 4.39 Å². The number of piperazine rings is 1. The zero-order valence-corrected chi connectivity index (χ0v) is 17.3. The molecule has 3 aromatic rings. The first-order valence-corrected chi connectivity index (χ1v) is 10.0. The molecule has 0 bridgehead atoms. The lowest BCUT2D eigenvalue weighted by Crippen LogP contribution is -2.46. The summed E-state index contributed by atoms with van der Waals surface area (Å²) >= 11 is 0. The fraction of sp³-hybridized carbons (Fsp3) is 0.318. The summed E-state index contributed by atoms with van der Waals surface area (Å²) in [5.74, 6) is 0.714. The molecule has 8 heteroatoms. The average Bonchev–Trinajstić information content (AvgIpc) is 3.08. The Morgan fingerprint density at radius 2 is 1.93 bits per heavy atom. The summed E-state index contributed by atoms with van der Waals surface area (Å²) in [5, 5.41) is 4.42. The summed E-state index contributed by atoms with van der Waals surface area (Å²) in [4.78, 5) is 12.8. The number of hydrogen-bond donors (Lipinski definition) is 1. The van der Waals surface area contributed by atoms with Gasteiger partial charge in [-0.3, -0.25) is 4.90 Å². The van der Waals surface area contributed by atoms with Crippen molar-refractivity contribution in [3.8, 4) is 5.82 Å². The third kappa shape index (κ3) is 4.49. The van der Waals surface area contributed by atoms with Crippen molar-refractivity contribution in [3.63, 3.8) is 0 Å². The van der Waals surface area contributed by atoms with Crippen LogP contribution in [0.25, 0.3) is 11.9 Å². The Kier molecular flexibility index (Phi) is 5.76. The molecular weight excluding hydrogens is 381 g/mol. The van der Waals surface area contributed by atoms with E-state index in [-0.39, 0.29) is 11.8 Å². The minimum atomic E-state index is -0.170. The van der Waals surface area contributed by atoms with Crippen LogP contribution in [-0.4, -0.2) is 57.4 Å². The summed E-state index contributed by atoms with van der Waals surface area (Å²) in [7, 11) is 0. The lowest BCUT2D eigenvalue weighted by molar-refractivity contribution is 0.284. The molecule has 0 atom stereocenters. The molecule has 156 valence electrons. The Bertz CT molecular complexity index is 1030. The second kappa shape index (κ2) is 8.62. The fourth-order valence-electron chi connectivity index (χ4n) is 3.72. The van der Waals surface area contributed by atoms with E-state index in [1.807, 2.05) is 26.1 Å². The van der Waals surface area contributed by atoms with Gasteiger partial charge in [-0.1, -0.05) is 12.2 Å². The summed E-state index contributed by atoms with van der Waals surface area (Å²) < 4.78 is 15.4. The molecule has 7 nitrogen and oxygen atoms in total. The monoisotopic (exact) mass is 407 g/mol. The van der Waals surface area contributed by atoms with Crippen molar-refractivity contribution in [3.05, 3.63) is 65.4 Å². The van der Waals surface area contributed by atoms with Crippen LogP contribution in [0.15, 0.2) is 42.7 Å². The van der Waals surface area contributed by atoms with Gasteiger partial charge in [-0.15, -0.1) is 0 Å². The van der Waals surface area contributed by atoms with Gasteiger partial charge >= 0.3 is 0 Å². The van der Waals surface area contributed by atoms with Gasteiger partial charge in [0.25, 0.3) is 0 Å². The quantitative estimate of drug-likeness (QED) is 0.701. The number of nitrogen functional groups attached to an aromatic ring is 1. The highest BCUT2D eigenvalue weighted by molar-refractivity contribution is 5.52. The minimum absolute atomic E-state index is 0.170. The highest BCUT2D eigenvalue weighted by atomic mass is 19.1. The van der Waals surface area contributed by atoms with Crippen LogP contribution in [0, 0.1) is 19.7 Å². The van der Waals surface area contributed by atoms with Gasteiger partial charge in [0.05, 0.1) is 11.9 Å². The highest BCUT2D eigenvalue weighted by Gasteiger charge is 2.17. The van der Waals surface area contributed by atoms with Crippen LogP contribution >= 0.6 is 0 Å². The van der Waals surface area contributed by atoms with Crippen LogP contribution in [0.3, 0.4) is 0 Å². The summed E-state index contributed by atoms with van der Waals surface area (Å²) in [6.07, 6.45) is 7.70. The van der Waals surface area contributed by atoms with Gasteiger partial charge in [0.15, 0.2) is 5.82 Å². The number of benzene rings is 1. The van der Waals surface area contributed by atoms with Crippen LogP contribution < -0.4 is 10.6 Å².